The van der Waals surface area contributed by atoms with E-state index in [1.807, 2.05) is 0 Å². The number of hydrogen-bond acceptors (Lipinski definition) is 7. The number of carbonyl (C=O) groups is 1. The lowest BCUT2D eigenvalue weighted by Gasteiger charge is -2.05. The lowest BCUT2D eigenvalue weighted by molar-refractivity contribution is 0.0948. The highest BCUT2D eigenvalue weighted by molar-refractivity contribution is 7.89. The molecule has 100 valence electrons. The van der Waals surface area contributed by atoms with Gasteiger partial charge >= 0.3 is 0 Å². The molecule has 0 bridgehead atoms. The van der Waals surface area contributed by atoms with Crippen molar-refractivity contribution in [1.82, 2.24) is 15.3 Å². The van der Waals surface area contributed by atoms with Crippen molar-refractivity contribution in [2.75, 3.05) is 17.7 Å². The molecule has 0 unspecified atom stereocenters. The molecule has 0 aliphatic rings. The van der Waals surface area contributed by atoms with E-state index in [9.17, 15) is 13.2 Å². The second-order valence-corrected chi connectivity index (χ2v) is 5.14. The summed E-state index contributed by atoms with van der Waals surface area (Å²) in [7, 11) is -3.50. The van der Waals surface area contributed by atoms with Crippen molar-refractivity contribution in [3.8, 4) is 0 Å². The van der Waals surface area contributed by atoms with Crippen molar-refractivity contribution in [2.24, 2.45) is 11.0 Å². The highest BCUT2D eigenvalue weighted by atomic mass is 32.2. The summed E-state index contributed by atoms with van der Waals surface area (Å²) in [6.07, 6.45) is 2.86. The van der Waals surface area contributed by atoms with Gasteiger partial charge in [0.1, 0.15) is 5.69 Å². The van der Waals surface area contributed by atoms with Crippen LogP contribution in [-0.2, 0) is 10.0 Å². The molecule has 0 atom stereocenters. The van der Waals surface area contributed by atoms with Gasteiger partial charge in [0.2, 0.25) is 10.0 Å². The number of amides is 1. The zero-order chi connectivity index (χ0) is 13.6. The van der Waals surface area contributed by atoms with Gasteiger partial charge in [-0.1, -0.05) is 0 Å². The van der Waals surface area contributed by atoms with Crippen LogP contribution in [0.1, 0.15) is 16.9 Å². The number of anilines is 1. The van der Waals surface area contributed by atoms with Crippen LogP contribution in [0.15, 0.2) is 12.4 Å². The molecule has 0 spiro atoms. The van der Waals surface area contributed by atoms with Crippen LogP contribution in [0.5, 0.6) is 0 Å². The SMILES string of the molecule is NNc1cncc(C(=O)NCCCS(N)(=O)=O)n1. The summed E-state index contributed by atoms with van der Waals surface area (Å²) < 4.78 is 21.3. The summed E-state index contributed by atoms with van der Waals surface area (Å²) in [5.74, 6) is 4.73. The largest absolute Gasteiger partial charge is 0.351 e. The molecule has 1 aromatic rings. The molecule has 0 aliphatic heterocycles. The molecule has 18 heavy (non-hydrogen) atoms. The number of carbonyl (C=O) groups excluding carboxylic acids is 1. The number of primary sulfonamides is 1. The monoisotopic (exact) mass is 274 g/mol. The maximum Gasteiger partial charge on any atom is 0.271 e. The molecule has 0 radical (unpaired) electrons. The number of nitrogen functional groups attached to an aromatic ring is 1. The van der Waals surface area contributed by atoms with Gasteiger partial charge in [-0.15, -0.1) is 0 Å². The smallest absolute Gasteiger partial charge is 0.271 e. The number of rotatable bonds is 6. The third-order valence-electron chi connectivity index (χ3n) is 1.91. The molecular formula is C8H14N6O3S. The van der Waals surface area contributed by atoms with Crippen LogP contribution in [-0.4, -0.2) is 36.6 Å². The van der Waals surface area contributed by atoms with Gasteiger partial charge < -0.3 is 10.7 Å². The molecule has 0 saturated heterocycles. The van der Waals surface area contributed by atoms with Crippen LogP contribution in [0.2, 0.25) is 0 Å². The van der Waals surface area contributed by atoms with Gasteiger partial charge in [0.05, 0.1) is 18.1 Å². The summed E-state index contributed by atoms with van der Waals surface area (Å²) in [6, 6.07) is 0. The van der Waals surface area contributed by atoms with Gasteiger partial charge in [-0.2, -0.15) is 0 Å². The highest BCUT2D eigenvalue weighted by Crippen LogP contribution is 1.99. The van der Waals surface area contributed by atoms with E-state index in [2.05, 4.69) is 20.7 Å². The molecule has 0 aromatic carbocycles. The fourth-order valence-electron chi connectivity index (χ4n) is 1.11. The van der Waals surface area contributed by atoms with Crippen LogP contribution in [0, 0.1) is 0 Å². The molecule has 1 heterocycles. The number of hydrogen-bond donors (Lipinski definition) is 4. The number of nitrogens with zero attached hydrogens (tertiary/aromatic N) is 2. The van der Waals surface area contributed by atoms with Crippen molar-refractivity contribution in [2.45, 2.75) is 6.42 Å². The van der Waals surface area contributed by atoms with E-state index in [-0.39, 0.29) is 30.2 Å². The van der Waals surface area contributed by atoms with Gasteiger partial charge in [0.25, 0.3) is 5.91 Å². The van der Waals surface area contributed by atoms with E-state index in [1.54, 1.807) is 0 Å². The average molecular weight is 274 g/mol. The van der Waals surface area contributed by atoms with E-state index >= 15 is 0 Å². The molecular weight excluding hydrogens is 260 g/mol. The molecule has 9 nitrogen and oxygen atoms in total. The Balaban J connectivity index is 2.45. The number of nitrogens with two attached hydrogens (primary N) is 2. The minimum absolute atomic E-state index is 0.0843. The molecule has 6 N–H and O–H groups in total. The third kappa shape index (κ3) is 5.03. The van der Waals surface area contributed by atoms with Gasteiger partial charge in [0, 0.05) is 6.54 Å². The second kappa shape index (κ2) is 6.23. The first-order valence-corrected chi connectivity index (χ1v) is 6.71. The summed E-state index contributed by atoms with van der Waals surface area (Å²) in [5, 5.41) is 7.31. The molecule has 1 aromatic heterocycles. The molecule has 0 fully saturated rings. The Kier molecular flexibility index (Phi) is 4.95. The maximum absolute atomic E-state index is 11.6. The Morgan fingerprint density at radius 1 is 1.39 bits per heavy atom. The van der Waals surface area contributed by atoms with Crippen molar-refractivity contribution in [3.05, 3.63) is 18.1 Å². The first kappa shape index (κ1) is 14.3. The third-order valence-corrected chi connectivity index (χ3v) is 2.76. The predicted molar refractivity (Wildman–Crippen MR) is 64.8 cm³/mol. The van der Waals surface area contributed by atoms with Gasteiger partial charge in [0.15, 0.2) is 5.82 Å². The van der Waals surface area contributed by atoms with Crippen molar-refractivity contribution >= 4 is 21.7 Å². The lowest BCUT2D eigenvalue weighted by atomic mass is 10.4. The highest BCUT2D eigenvalue weighted by Gasteiger charge is 2.08. The first-order valence-electron chi connectivity index (χ1n) is 5.00. The topological polar surface area (TPSA) is 153 Å². The summed E-state index contributed by atoms with van der Waals surface area (Å²) in [5.41, 5.74) is 2.34. The Labute approximate surface area is 104 Å². The van der Waals surface area contributed by atoms with Gasteiger partial charge in [-0.3, -0.25) is 9.78 Å². The zero-order valence-electron chi connectivity index (χ0n) is 9.46. The van der Waals surface area contributed by atoms with E-state index in [0.29, 0.717) is 0 Å². The zero-order valence-corrected chi connectivity index (χ0v) is 10.3. The number of hydrazine groups is 1. The maximum atomic E-state index is 11.6. The molecule has 0 aliphatic carbocycles. The molecule has 10 heteroatoms. The standard InChI is InChI=1S/C8H14N6O3S/c9-14-7-5-11-4-6(13-7)8(15)12-2-1-3-18(10,16)17/h4-5H,1-3,9H2,(H,12,15)(H,13,14)(H2,10,16,17). The fourth-order valence-corrected chi connectivity index (χ4v) is 1.66. The minimum Gasteiger partial charge on any atom is -0.351 e. The van der Waals surface area contributed by atoms with Crippen LogP contribution >= 0.6 is 0 Å². The minimum atomic E-state index is -3.50. The Hall–Kier alpha value is -1.78. The quantitative estimate of drug-likeness (QED) is 0.270. The van der Waals surface area contributed by atoms with Gasteiger partial charge in [-0.05, 0) is 6.42 Å². The number of aromatic nitrogens is 2. The molecule has 1 rings (SSSR count). The Morgan fingerprint density at radius 2 is 2.11 bits per heavy atom. The number of sulfonamides is 1. The fraction of sp³-hybridized carbons (Fsp3) is 0.375. The van der Waals surface area contributed by atoms with Crippen molar-refractivity contribution in [1.29, 1.82) is 0 Å². The summed E-state index contributed by atoms with van der Waals surface area (Å²) in [4.78, 5) is 19.2. The van der Waals surface area contributed by atoms with Crippen LogP contribution in [0.4, 0.5) is 5.82 Å². The van der Waals surface area contributed by atoms with E-state index in [1.165, 1.54) is 12.4 Å². The second-order valence-electron chi connectivity index (χ2n) is 3.41. The number of nitrogens with one attached hydrogen (secondary N) is 2. The lowest BCUT2D eigenvalue weighted by Crippen LogP contribution is -2.28. The predicted octanol–water partition coefficient (Wildman–Crippen LogP) is -1.83. The summed E-state index contributed by atoms with van der Waals surface area (Å²) >= 11 is 0. The van der Waals surface area contributed by atoms with Crippen molar-refractivity contribution < 1.29 is 13.2 Å². The van der Waals surface area contributed by atoms with Crippen molar-refractivity contribution in [3.63, 3.8) is 0 Å². The average Bonchev–Trinajstić information content (AvgIpc) is 2.33. The Bertz CT molecular complexity index is 517. The van der Waals surface area contributed by atoms with Crippen LogP contribution < -0.4 is 21.7 Å². The molecule has 0 saturated carbocycles. The van der Waals surface area contributed by atoms with E-state index < -0.39 is 15.9 Å². The van der Waals surface area contributed by atoms with E-state index in [0.717, 1.165) is 0 Å². The molecule has 1 amide bonds. The first-order chi connectivity index (χ1) is 8.42. The normalized spacial score (nSPS) is 11.0. The van der Waals surface area contributed by atoms with Crippen LogP contribution in [0.25, 0.3) is 0 Å². The Morgan fingerprint density at radius 3 is 2.72 bits per heavy atom. The van der Waals surface area contributed by atoms with Gasteiger partial charge in [-0.25, -0.2) is 24.4 Å². The van der Waals surface area contributed by atoms with E-state index in [4.69, 9.17) is 11.0 Å². The summed E-state index contributed by atoms with van der Waals surface area (Å²) in [6.45, 7) is 0.178. The van der Waals surface area contributed by atoms with Crippen LogP contribution in [0.3, 0.4) is 0 Å².